The predicted molar refractivity (Wildman–Crippen MR) is 111 cm³/mol. The zero-order valence-electron chi connectivity index (χ0n) is 17.0. The summed E-state index contributed by atoms with van der Waals surface area (Å²) in [4.78, 5) is 24.3. The molecule has 2 aromatic carbocycles. The van der Waals surface area contributed by atoms with Crippen molar-refractivity contribution in [3.8, 4) is 11.5 Å². The van der Waals surface area contributed by atoms with Crippen molar-refractivity contribution >= 4 is 21.8 Å². The average molecular weight is 436 g/mol. The Labute approximate surface area is 175 Å². The minimum Gasteiger partial charge on any atom is -0.493 e. The summed E-state index contributed by atoms with van der Waals surface area (Å²) in [5.74, 6) is 0.0213. The first-order valence-electron chi connectivity index (χ1n) is 9.15. The van der Waals surface area contributed by atoms with Crippen molar-refractivity contribution in [2.24, 2.45) is 5.14 Å². The number of nitrogens with one attached hydrogen (secondary N) is 2. The highest BCUT2D eigenvalue weighted by molar-refractivity contribution is 7.89. The van der Waals surface area contributed by atoms with Crippen LogP contribution < -0.4 is 25.5 Å². The number of sulfonamides is 1. The second-order valence-corrected chi connectivity index (χ2v) is 8.28. The number of carbonyl (C=O) groups is 2. The third-order valence-electron chi connectivity index (χ3n) is 4.00. The van der Waals surface area contributed by atoms with Gasteiger partial charge in [0, 0.05) is 12.0 Å². The summed E-state index contributed by atoms with van der Waals surface area (Å²) in [7, 11) is -2.28. The molecule has 162 valence electrons. The van der Waals surface area contributed by atoms with Gasteiger partial charge < -0.3 is 9.47 Å². The quantitative estimate of drug-likeness (QED) is 0.538. The van der Waals surface area contributed by atoms with Gasteiger partial charge in [0.1, 0.15) is 0 Å². The Morgan fingerprint density at radius 1 is 1.03 bits per heavy atom. The fraction of sp³-hybridized carbons (Fsp3) is 0.300. The van der Waals surface area contributed by atoms with Crippen LogP contribution in [0.4, 0.5) is 0 Å². The molecule has 4 N–H and O–H groups in total. The molecule has 0 unspecified atom stereocenters. The van der Waals surface area contributed by atoms with Gasteiger partial charge in [-0.2, -0.15) is 0 Å². The maximum Gasteiger partial charge on any atom is 0.269 e. The molecule has 0 fully saturated rings. The van der Waals surface area contributed by atoms with Gasteiger partial charge in [0.15, 0.2) is 11.5 Å². The number of benzene rings is 2. The lowest BCUT2D eigenvalue weighted by Crippen LogP contribution is -2.41. The van der Waals surface area contributed by atoms with E-state index in [0.29, 0.717) is 23.5 Å². The van der Waals surface area contributed by atoms with E-state index in [0.717, 1.165) is 5.56 Å². The fourth-order valence-corrected chi connectivity index (χ4v) is 3.04. The Hall–Kier alpha value is -3.11. The van der Waals surface area contributed by atoms with Crippen LogP contribution in [0.3, 0.4) is 0 Å². The predicted octanol–water partition coefficient (Wildman–Crippen LogP) is 1.52. The van der Waals surface area contributed by atoms with Gasteiger partial charge in [0.25, 0.3) is 5.91 Å². The Kier molecular flexibility index (Phi) is 7.79. The van der Waals surface area contributed by atoms with Crippen LogP contribution in [-0.4, -0.2) is 33.4 Å². The summed E-state index contributed by atoms with van der Waals surface area (Å²) in [6.45, 7) is 3.76. The normalized spacial score (nSPS) is 11.1. The molecule has 2 rings (SSSR count). The highest BCUT2D eigenvalue weighted by Crippen LogP contribution is 2.28. The Balaban J connectivity index is 1.87. The molecule has 10 heteroatoms. The first-order chi connectivity index (χ1) is 14.1. The Morgan fingerprint density at radius 3 is 2.27 bits per heavy atom. The van der Waals surface area contributed by atoms with Gasteiger partial charge in [0.2, 0.25) is 15.9 Å². The number of carbonyl (C=O) groups excluding carboxylic acids is 2. The highest BCUT2D eigenvalue weighted by Gasteiger charge is 2.13. The second-order valence-electron chi connectivity index (χ2n) is 6.72. The van der Waals surface area contributed by atoms with Crippen LogP contribution in [0.1, 0.15) is 36.2 Å². The molecule has 0 aliphatic heterocycles. The summed E-state index contributed by atoms with van der Waals surface area (Å²) in [6.07, 6.45) is 0.412. The number of hydrogen-bond acceptors (Lipinski definition) is 6. The van der Waals surface area contributed by atoms with E-state index in [1.807, 2.05) is 13.8 Å². The van der Waals surface area contributed by atoms with E-state index in [9.17, 15) is 18.0 Å². The van der Waals surface area contributed by atoms with Crippen LogP contribution in [0.25, 0.3) is 0 Å². The molecule has 0 saturated carbocycles. The molecule has 0 aliphatic carbocycles. The highest BCUT2D eigenvalue weighted by atomic mass is 32.2. The van der Waals surface area contributed by atoms with Gasteiger partial charge in [0.05, 0.1) is 18.1 Å². The molecule has 0 spiro atoms. The van der Waals surface area contributed by atoms with E-state index >= 15 is 0 Å². The first kappa shape index (κ1) is 23.2. The zero-order valence-corrected chi connectivity index (χ0v) is 17.8. The monoisotopic (exact) mass is 435 g/mol. The molecule has 2 aromatic rings. The molecular weight excluding hydrogens is 410 g/mol. The van der Waals surface area contributed by atoms with Crippen LogP contribution in [0.15, 0.2) is 47.4 Å². The zero-order chi connectivity index (χ0) is 22.3. The van der Waals surface area contributed by atoms with Gasteiger partial charge in [-0.1, -0.05) is 12.1 Å². The van der Waals surface area contributed by atoms with E-state index in [1.54, 1.807) is 24.3 Å². The number of primary sulfonamides is 1. The van der Waals surface area contributed by atoms with Crippen LogP contribution in [0, 0.1) is 0 Å². The van der Waals surface area contributed by atoms with Crippen LogP contribution in [0.2, 0.25) is 0 Å². The van der Waals surface area contributed by atoms with Crippen LogP contribution in [-0.2, 0) is 21.2 Å². The number of aryl methyl sites for hydroxylation is 1. The lowest BCUT2D eigenvalue weighted by Gasteiger charge is -2.14. The maximum atomic E-state index is 12.3. The smallest absolute Gasteiger partial charge is 0.269 e. The summed E-state index contributed by atoms with van der Waals surface area (Å²) in [6, 6.07) is 10.6. The molecule has 0 aliphatic rings. The third-order valence-corrected chi connectivity index (χ3v) is 4.93. The SMILES string of the molecule is COc1cc(C(=O)NNC(=O)CCc2ccc(S(N)(=O)=O)cc2)ccc1OC(C)C. The second kappa shape index (κ2) is 10.1. The molecule has 0 aromatic heterocycles. The number of ether oxygens (including phenoxy) is 2. The van der Waals surface area contributed by atoms with Crippen molar-refractivity contribution in [3.05, 3.63) is 53.6 Å². The summed E-state index contributed by atoms with van der Waals surface area (Å²) in [5.41, 5.74) is 5.74. The molecule has 2 amide bonds. The largest absolute Gasteiger partial charge is 0.493 e. The molecule has 0 atom stereocenters. The third kappa shape index (κ3) is 6.75. The van der Waals surface area contributed by atoms with E-state index in [2.05, 4.69) is 10.9 Å². The fourth-order valence-electron chi connectivity index (χ4n) is 2.52. The molecule has 30 heavy (non-hydrogen) atoms. The number of hydrogen-bond donors (Lipinski definition) is 3. The van der Waals surface area contributed by atoms with E-state index in [1.165, 1.54) is 25.3 Å². The number of hydrazine groups is 1. The topological polar surface area (TPSA) is 137 Å². The molecule has 0 radical (unpaired) electrons. The van der Waals surface area contributed by atoms with Gasteiger partial charge in [-0.15, -0.1) is 0 Å². The van der Waals surface area contributed by atoms with Gasteiger partial charge in [-0.25, -0.2) is 13.6 Å². The average Bonchev–Trinajstić information content (AvgIpc) is 2.70. The van der Waals surface area contributed by atoms with Crippen LogP contribution in [0.5, 0.6) is 11.5 Å². The van der Waals surface area contributed by atoms with E-state index in [-0.39, 0.29) is 17.4 Å². The van der Waals surface area contributed by atoms with E-state index < -0.39 is 21.8 Å². The van der Waals surface area contributed by atoms with Gasteiger partial charge in [-0.05, 0) is 56.2 Å². The van der Waals surface area contributed by atoms with Crippen molar-refractivity contribution in [1.29, 1.82) is 0 Å². The minimum absolute atomic E-state index is 0.00297. The number of amides is 2. The summed E-state index contributed by atoms with van der Waals surface area (Å²) >= 11 is 0. The molecule has 0 heterocycles. The molecular formula is C20H25N3O6S. The van der Waals surface area contributed by atoms with Crippen LogP contribution >= 0.6 is 0 Å². The maximum absolute atomic E-state index is 12.3. The molecule has 0 saturated heterocycles. The Morgan fingerprint density at radius 2 is 1.70 bits per heavy atom. The van der Waals surface area contributed by atoms with Gasteiger partial charge in [-0.3, -0.25) is 20.4 Å². The lowest BCUT2D eigenvalue weighted by molar-refractivity contribution is -0.121. The van der Waals surface area contributed by atoms with Crippen molar-refractivity contribution in [2.75, 3.05) is 7.11 Å². The first-order valence-corrected chi connectivity index (χ1v) is 10.7. The summed E-state index contributed by atoms with van der Waals surface area (Å²) in [5, 5.41) is 5.05. The lowest BCUT2D eigenvalue weighted by atomic mass is 10.1. The van der Waals surface area contributed by atoms with Gasteiger partial charge >= 0.3 is 0 Å². The molecule has 9 nitrogen and oxygen atoms in total. The van der Waals surface area contributed by atoms with E-state index in [4.69, 9.17) is 14.6 Å². The minimum atomic E-state index is -3.75. The number of methoxy groups -OCH3 is 1. The standard InChI is InChI=1S/C20H25N3O6S/c1-13(2)29-17-10-7-15(12-18(17)28-3)20(25)23-22-19(24)11-6-14-4-8-16(9-5-14)30(21,26)27/h4-5,7-10,12-13H,6,11H2,1-3H3,(H,22,24)(H,23,25)(H2,21,26,27). The van der Waals surface area contributed by atoms with Crippen molar-refractivity contribution < 1.29 is 27.5 Å². The number of nitrogens with two attached hydrogens (primary N) is 1. The number of rotatable bonds is 8. The van der Waals surface area contributed by atoms with Crippen molar-refractivity contribution in [2.45, 2.75) is 37.7 Å². The summed E-state index contributed by atoms with van der Waals surface area (Å²) < 4.78 is 33.3. The van der Waals surface area contributed by atoms with Crippen molar-refractivity contribution in [1.82, 2.24) is 10.9 Å². The molecule has 0 bridgehead atoms. The van der Waals surface area contributed by atoms with Crippen molar-refractivity contribution in [3.63, 3.8) is 0 Å². The Bertz CT molecular complexity index is 1000.